The van der Waals surface area contributed by atoms with Gasteiger partial charge in [0.2, 0.25) is 0 Å². The Morgan fingerprint density at radius 2 is 1.74 bits per heavy atom. The van der Waals surface area contributed by atoms with E-state index in [4.69, 9.17) is 10.00 Å². The summed E-state index contributed by atoms with van der Waals surface area (Å²) in [5.74, 6) is 0.891. The zero-order valence-electron chi connectivity index (χ0n) is 14.6. The summed E-state index contributed by atoms with van der Waals surface area (Å²) < 4.78 is 5.37. The van der Waals surface area contributed by atoms with Crippen molar-refractivity contribution in [3.63, 3.8) is 0 Å². The maximum absolute atomic E-state index is 12.3. The van der Waals surface area contributed by atoms with Gasteiger partial charge in [0.25, 0.3) is 5.91 Å². The average Bonchev–Trinajstić information content (AvgIpc) is 2.71. The van der Waals surface area contributed by atoms with Gasteiger partial charge in [-0.2, -0.15) is 5.26 Å². The van der Waals surface area contributed by atoms with Gasteiger partial charge in [0.15, 0.2) is 0 Å². The summed E-state index contributed by atoms with van der Waals surface area (Å²) in [6, 6.07) is 16.1. The molecule has 0 fully saturated rings. The van der Waals surface area contributed by atoms with Crippen molar-refractivity contribution >= 4 is 23.1 Å². The van der Waals surface area contributed by atoms with Gasteiger partial charge in [-0.25, -0.2) is 9.97 Å². The van der Waals surface area contributed by atoms with Crippen molar-refractivity contribution in [2.24, 2.45) is 0 Å². The minimum absolute atomic E-state index is 0.203. The molecule has 134 valence electrons. The number of hydrogen-bond acceptors (Lipinski definition) is 6. The van der Waals surface area contributed by atoms with Gasteiger partial charge in [0.1, 0.15) is 17.3 Å². The van der Waals surface area contributed by atoms with E-state index in [1.165, 1.54) is 12.4 Å². The van der Waals surface area contributed by atoms with E-state index in [0.717, 1.165) is 11.4 Å². The van der Waals surface area contributed by atoms with Crippen LogP contribution in [-0.4, -0.2) is 22.5 Å². The first-order valence-corrected chi connectivity index (χ1v) is 8.31. The Bertz CT molecular complexity index is 946. The van der Waals surface area contributed by atoms with Crippen molar-refractivity contribution in [3.05, 3.63) is 72.2 Å². The van der Waals surface area contributed by atoms with E-state index in [9.17, 15) is 4.79 Å². The molecule has 0 radical (unpaired) electrons. The number of benzene rings is 2. The van der Waals surface area contributed by atoms with Gasteiger partial charge >= 0.3 is 0 Å². The maximum Gasteiger partial charge on any atom is 0.275 e. The molecule has 0 saturated heterocycles. The van der Waals surface area contributed by atoms with Crippen LogP contribution < -0.4 is 15.4 Å². The lowest BCUT2D eigenvalue weighted by Gasteiger charge is -2.08. The lowest BCUT2D eigenvalue weighted by atomic mass is 10.2. The predicted molar refractivity (Wildman–Crippen MR) is 102 cm³/mol. The quantitative estimate of drug-likeness (QED) is 0.695. The highest BCUT2D eigenvalue weighted by Gasteiger charge is 2.09. The molecule has 0 saturated carbocycles. The van der Waals surface area contributed by atoms with Crippen molar-refractivity contribution in [2.75, 3.05) is 17.2 Å². The molecule has 2 N–H and O–H groups in total. The fourth-order valence-electron chi connectivity index (χ4n) is 2.28. The number of rotatable bonds is 6. The normalized spacial score (nSPS) is 9.93. The van der Waals surface area contributed by atoms with Crippen molar-refractivity contribution in [1.82, 2.24) is 9.97 Å². The minimum atomic E-state index is -0.350. The molecule has 7 nitrogen and oxygen atoms in total. The van der Waals surface area contributed by atoms with Crippen LogP contribution in [0, 0.1) is 11.3 Å². The predicted octanol–water partition coefficient (Wildman–Crippen LogP) is 3.74. The molecular formula is C20H17N5O2. The zero-order valence-corrected chi connectivity index (χ0v) is 14.6. The number of anilines is 3. The molecule has 27 heavy (non-hydrogen) atoms. The minimum Gasteiger partial charge on any atom is -0.494 e. The molecule has 2 aromatic carbocycles. The Labute approximate surface area is 156 Å². The van der Waals surface area contributed by atoms with Gasteiger partial charge in [-0.3, -0.25) is 4.79 Å². The molecule has 1 amide bonds. The molecule has 0 aliphatic carbocycles. The number of nitrogens with one attached hydrogen (secondary N) is 2. The largest absolute Gasteiger partial charge is 0.494 e. The molecule has 0 atom stereocenters. The lowest BCUT2D eigenvalue weighted by Crippen LogP contribution is -2.14. The van der Waals surface area contributed by atoms with Crippen LogP contribution >= 0.6 is 0 Å². The highest BCUT2D eigenvalue weighted by atomic mass is 16.5. The SMILES string of the molecule is CCOc1ccc(NC(=O)c2cnc(Nc3ccc(C#N)cc3)cn2)cc1. The van der Waals surface area contributed by atoms with Crippen LogP contribution in [0.2, 0.25) is 0 Å². The highest BCUT2D eigenvalue weighted by Crippen LogP contribution is 2.17. The molecule has 3 aromatic rings. The first-order chi connectivity index (χ1) is 13.2. The van der Waals surface area contributed by atoms with Crippen LogP contribution in [0.5, 0.6) is 5.75 Å². The Morgan fingerprint density at radius 1 is 1.04 bits per heavy atom. The molecular weight excluding hydrogens is 342 g/mol. The second-order valence-electron chi connectivity index (χ2n) is 5.51. The number of amides is 1. The lowest BCUT2D eigenvalue weighted by molar-refractivity contribution is 0.102. The van der Waals surface area contributed by atoms with Crippen molar-refractivity contribution in [2.45, 2.75) is 6.92 Å². The van der Waals surface area contributed by atoms with E-state index in [0.29, 0.717) is 23.7 Å². The van der Waals surface area contributed by atoms with Gasteiger partial charge < -0.3 is 15.4 Å². The number of nitrogens with zero attached hydrogens (tertiary/aromatic N) is 3. The molecule has 1 aromatic heterocycles. The van der Waals surface area contributed by atoms with E-state index in [1.54, 1.807) is 48.5 Å². The van der Waals surface area contributed by atoms with Crippen LogP contribution in [0.3, 0.4) is 0 Å². The molecule has 0 bridgehead atoms. The van der Waals surface area contributed by atoms with Gasteiger partial charge in [-0.15, -0.1) is 0 Å². The highest BCUT2D eigenvalue weighted by molar-refractivity contribution is 6.02. The van der Waals surface area contributed by atoms with E-state index in [-0.39, 0.29) is 11.6 Å². The average molecular weight is 359 g/mol. The van der Waals surface area contributed by atoms with Gasteiger partial charge in [0.05, 0.1) is 30.6 Å². The number of carbonyl (C=O) groups is 1. The summed E-state index contributed by atoms with van der Waals surface area (Å²) in [5, 5.41) is 14.6. The number of carbonyl (C=O) groups excluding carboxylic acids is 1. The molecule has 0 spiro atoms. The molecule has 0 unspecified atom stereocenters. The topological polar surface area (TPSA) is 99.9 Å². The summed E-state index contributed by atoms with van der Waals surface area (Å²) in [6.07, 6.45) is 2.88. The van der Waals surface area contributed by atoms with Gasteiger partial charge in [0, 0.05) is 11.4 Å². The van der Waals surface area contributed by atoms with Gasteiger partial charge in [-0.05, 0) is 55.5 Å². The van der Waals surface area contributed by atoms with Crippen LogP contribution in [0.25, 0.3) is 0 Å². The summed E-state index contributed by atoms with van der Waals surface area (Å²) in [6.45, 7) is 2.50. The fourth-order valence-corrected chi connectivity index (χ4v) is 2.28. The third-order valence-corrected chi connectivity index (χ3v) is 3.59. The second kappa shape index (κ2) is 8.45. The standard InChI is InChI=1S/C20H17N5O2/c1-2-27-17-9-7-16(8-10-17)25-20(26)18-12-23-19(13-22-18)24-15-5-3-14(11-21)4-6-15/h3-10,12-13H,2H2,1H3,(H,23,24)(H,25,26). The number of aromatic nitrogens is 2. The van der Waals surface area contributed by atoms with Crippen molar-refractivity contribution < 1.29 is 9.53 Å². The first-order valence-electron chi connectivity index (χ1n) is 8.31. The molecule has 0 aliphatic rings. The van der Waals surface area contributed by atoms with Crippen LogP contribution in [0.1, 0.15) is 23.0 Å². The number of hydrogen-bond donors (Lipinski definition) is 2. The summed E-state index contributed by atoms with van der Waals surface area (Å²) in [7, 11) is 0. The molecule has 1 heterocycles. The Balaban J connectivity index is 1.61. The first kappa shape index (κ1) is 17.9. The molecule has 3 rings (SSSR count). The Kier molecular flexibility index (Phi) is 5.60. The third-order valence-electron chi connectivity index (χ3n) is 3.59. The van der Waals surface area contributed by atoms with E-state index >= 15 is 0 Å². The Hall–Kier alpha value is -3.92. The van der Waals surface area contributed by atoms with Crippen LogP contribution in [0.4, 0.5) is 17.2 Å². The molecule has 0 aliphatic heterocycles. The van der Waals surface area contributed by atoms with E-state index in [1.807, 2.05) is 6.92 Å². The monoisotopic (exact) mass is 359 g/mol. The van der Waals surface area contributed by atoms with Crippen LogP contribution in [-0.2, 0) is 0 Å². The maximum atomic E-state index is 12.3. The smallest absolute Gasteiger partial charge is 0.275 e. The van der Waals surface area contributed by atoms with Crippen molar-refractivity contribution in [1.29, 1.82) is 5.26 Å². The number of nitriles is 1. The zero-order chi connectivity index (χ0) is 19.1. The number of ether oxygens (including phenoxy) is 1. The van der Waals surface area contributed by atoms with Gasteiger partial charge in [-0.1, -0.05) is 0 Å². The van der Waals surface area contributed by atoms with Crippen LogP contribution in [0.15, 0.2) is 60.9 Å². The van der Waals surface area contributed by atoms with E-state index < -0.39 is 0 Å². The third kappa shape index (κ3) is 4.80. The summed E-state index contributed by atoms with van der Waals surface area (Å²) in [4.78, 5) is 20.6. The second-order valence-corrected chi connectivity index (χ2v) is 5.51. The van der Waals surface area contributed by atoms with Crippen molar-refractivity contribution in [3.8, 4) is 11.8 Å². The molecule has 7 heteroatoms. The summed E-state index contributed by atoms with van der Waals surface area (Å²) >= 11 is 0. The Morgan fingerprint density at radius 3 is 2.33 bits per heavy atom. The summed E-state index contributed by atoms with van der Waals surface area (Å²) in [5.41, 5.74) is 2.20. The fraction of sp³-hybridized carbons (Fsp3) is 0.100. The van der Waals surface area contributed by atoms with E-state index in [2.05, 4.69) is 26.7 Å².